The molecule has 3 nitrogen and oxygen atoms in total. The summed E-state index contributed by atoms with van der Waals surface area (Å²) in [5.41, 5.74) is 6.13. The largest absolute Gasteiger partial charge is 0.233 e. The second-order valence-electron chi connectivity index (χ2n) is 6.87. The number of aryl methyl sites for hydroxylation is 3. The molecule has 0 unspecified atom stereocenters. The highest BCUT2D eigenvalue weighted by molar-refractivity contribution is 7.22. The summed E-state index contributed by atoms with van der Waals surface area (Å²) in [4.78, 5) is 5.90. The van der Waals surface area contributed by atoms with E-state index in [0.717, 1.165) is 48.8 Å². The number of fused-ring (bicyclic) bond motifs is 2. The van der Waals surface area contributed by atoms with Crippen LogP contribution in [0.3, 0.4) is 0 Å². The van der Waals surface area contributed by atoms with E-state index in [2.05, 4.69) is 26.8 Å². The van der Waals surface area contributed by atoms with Crippen LogP contribution in [0, 0.1) is 26.6 Å². The molecule has 0 amide bonds. The minimum Gasteiger partial charge on any atom is -0.233 e. The molecular formula is C20H20FN3S. The first-order valence-corrected chi connectivity index (χ1v) is 9.24. The molecule has 0 fully saturated rings. The Morgan fingerprint density at radius 3 is 2.60 bits per heavy atom. The molecule has 4 aromatic rings. The summed E-state index contributed by atoms with van der Waals surface area (Å²) in [7, 11) is 0. The molecule has 3 heterocycles. The minimum atomic E-state index is -0.201. The average molecular weight is 353 g/mol. The van der Waals surface area contributed by atoms with Crippen molar-refractivity contribution in [3.05, 3.63) is 52.7 Å². The van der Waals surface area contributed by atoms with E-state index in [1.165, 1.54) is 6.07 Å². The van der Waals surface area contributed by atoms with Crippen molar-refractivity contribution < 1.29 is 4.39 Å². The molecule has 4 rings (SSSR count). The third-order valence-electron chi connectivity index (χ3n) is 4.64. The van der Waals surface area contributed by atoms with E-state index in [1.54, 1.807) is 17.4 Å². The van der Waals surface area contributed by atoms with Gasteiger partial charge in [-0.15, -0.1) is 11.3 Å². The first-order valence-electron chi connectivity index (χ1n) is 8.42. The fourth-order valence-corrected chi connectivity index (χ4v) is 4.66. The van der Waals surface area contributed by atoms with E-state index >= 15 is 0 Å². The van der Waals surface area contributed by atoms with Crippen molar-refractivity contribution in [2.75, 3.05) is 0 Å². The number of rotatable bonds is 2. The van der Waals surface area contributed by atoms with Gasteiger partial charge in [-0.2, -0.15) is 5.10 Å². The maximum absolute atomic E-state index is 13.7. The first-order chi connectivity index (χ1) is 11.9. The van der Waals surface area contributed by atoms with E-state index < -0.39 is 0 Å². The summed E-state index contributed by atoms with van der Waals surface area (Å²) in [5, 5.41) is 5.74. The second-order valence-corrected chi connectivity index (χ2v) is 7.92. The van der Waals surface area contributed by atoms with Crippen molar-refractivity contribution in [2.24, 2.45) is 0 Å². The molecule has 0 bridgehead atoms. The van der Waals surface area contributed by atoms with Gasteiger partial charge in [0.1, 0.15) is 5.82 Å². The normalized spacial score (nSPS) is 12.0. The highest BCUT2D eigenvalue weighted by atomic mass is 32.1. The summed E-state index contributed by atoms with van der Waals surface area (Å²) in [6.07, 6.45) is 0. The van der Waals surface area contributed by atoms with E-state index in [1.807, 2.05) is 24.4 Å². The maximum atomic E-state index is 13.7. The van der Waals surface area contributed by atoms with Gasteiger partial charge >= 0.3 is 0 Å². The van der Waals surface area contributed by atoms with Crippen LogP contribution in [-0.4, -0.2) is 14.6 Å². The maximum Gasteiger partial charge on any atom is 0.164 e. The van der Waals surface area contributed by atoms with Gasteiger partial charge in [-0.3, -0.25) is 0 Å². The van der Waals surface area contributed by atoms with Crippen molar-refractivity contribution in [1.82, 2.24) is 14.6 Å². The number of benzene rings is 1. The molecule has 1 aromatic carbocycles. The topological polar surface area (TPSA) is 30.2 Å². The molecule has 0 radical (unpaired) electrons. The third-order valence-corrected chi connectivity index (χ3v) is 5.93. The average Bonchev–Trinajstić information content (AvgIpc) is 3.03. The van der Waals surface area contributed by atoms with E-state index in [4.69, 9.17) is 10.1 Å². The lowest BCUT2D eigenvalue weighted by Gasteiger charge is -2.09. The Morgan fingerprint density at radius 2 is 1.88 bits per heavy atom. The molecular weight excluding hydrogens is 333 g/mol. The lowest BCUT2D eigenvalue weighted by Crippen LogP contribution is -2.03. The van der Waals surface area contributed by atoms with Crippen LogP contribution in [0.4, 0.5) is 4.39 Å². The molecule has 0 atom stereocenters. The van der Waals surface area contributed by atoms with Crippen LogP contribution in [-0.2, 0) is 0 Å². The number of aromatic nitrogens is 3. The molecule has 0 aliphatic heterocycles. The van der Waals surface area contributed by atoms with Crippen molar-refractivity contribution >= 4 is 27.1 Å². The number of nitrogens with zero attached hydrogens (tertiary/aromatic N) is 3. The fraction of sp³-hybridized carbons (Fsp3) is 0.300. The minimum absolute atomic E-state index is 0.201. The summed E-state index contributed by atoms with van der Waals surface area (Å²) in [5.74, 6) is 0.154. The van der Waals surface area contributed by atoms with Crippen LogP contribution in [0.1, 0.15) is 42.4 Å². The zero-order valence-corrected chi connectivity index (χ0v) is 15.8. The zero-order valence-electron chi connectivity index (χ0n) is 15.0. The van der Waals surface area contributed by atoms with Gasteiger partial charge in [-0.1, -0.05) is 13.8 Å². The van der Waals surface area contributed by atoms with Crippen molar-refractivity contribution in [3.8, 4) is 10.4 Å². The molecule has 5 heteroatoms. The van der Waals surface area contributed by atoms with Gasteiger partial charge in [0.2, 0.25) is 0 Å². The van der Waals surface area contributed by atoms with Gasteiger partial charge in [0.25, 0.3) is 0 Å². The highest BCUT2D eigenvalue weighted by Gasteiger charge is 2.21. The Balaban J connectivity index is 2.08. The molecule has 0 aliphatic rings. The Labute approximate surface area is 150 Å². The van der Waals surface area contributed by atoms with Crippen LogP contribution in [0.2, 0.25) is 0 Å². The second kappa shape index (κ2) is 5.63. The monoisotopic (exact) mass is 353 g/mol. The zero-order chi connectivity index (χ0) is 17.9. The summed E-state index contributed by atoms with van der Waals surface area (Å²) < 4.78 is 16.7. The molecule has 3 aromatic heterocycles. The van der Waals surface area contributed by atoms with Crippen LogP contribution in [0.25, 0.3) is 26.2 Å². The van der Waals surface area contributed by atoms with Crippen molar-refractivity contribution in [2.45, 2.75) is 40.5 Å². The number of hydrogen-bond acceptors (Lipinski definition) is 3. The lowest BCUT2D eigenvalue weighted by atomic mass is 10.1. The van der Waals surface area contributed by atoms with E-state index in [0.29, 0.717) is 5.92 Å². The predicted octanol–water partition coefficient (Wildman–Crippen LogP) is 5.80. The Bertz CT molecular complexity index is 1120. The van der Waals surface area contributed by atoms with Crippen molar-refractivity contribution in [3.63, 3.8) is 0 Å². The molecule has 25 heavy (non-hydrogen) atoms. The number of halogens is 1. The molecule has 0 aliphatic carbocycles. The summed E-state index contributed by atoms with van der Waals surface area (Å²) in [6.45, 7) is 10.4. The molecule has 0 N–H and O–H groups in total. The van der Waals surface area contributed by atoms with Crippen LogP contribution in [0.5, 0.6) is 0 Å². The fourth-order valence-electron chi connectivity index (χ4n) is 3.38. The highest BCUT2D eigenvalue weighted by Crippen LogP contribution is 2.41. The Morgan fingerprint density at radius 1 is 1.12 bits per heavy atom. The van der Waals surface area contributed by atoms with Crippen LogP contribution >= 0.6 is 11.3 Å². The Kier molecular flexibility index (Phi) is 3.65. The van der Waals surface area contributed by atoms with Gasteiger partial charge in [0.05, 0.1) is 11.3 Å². The molecule has 0 saturated carbocycles. The van der Waals surface area contributed by atoms with Crippen LogP contribution < -0.4 is 0 Å². The van der Waals surface area contributed by atoms with Gasteiger partial charge in [-0.05, 0) is 61.9 Å². The SMILES string of the molecule is Cc1cc(C(C)C)n2nc(C)c(-c3sc4ccc(F)cc4c3C)c2n1. The van der Waals surface area contributed by atoms with Gasteiger partial charge in [-0.25, -0.2) is 13.9 Å². The smallest absolute Gasteiger partial charge is 0.164 e. The summed E-state index contributed by atoms with van der Waals surface area (Å²) in [6, 6.07) is 7.08. The summed E-state index contributed by atoms with van der Waals surface area (Å²) >= 11 is 1.68. The Hall–Kier alpha value is -2.27. The molecule has 0 saturated heterocycles. The molecule has 128 valence electrons. The van der Waals surface area contributed by atoms with Gasteiger partial charge in [0.15, 0.2) is 5.65 Å². The van der Waals surface area contributed by atoms with Gasteiger partial charge < -0.3 is 0 Å². The predicted molar refractivity (Wildman–Crippen MR) is 102 cm³/mol. The van der Waals surface area contributed by atoms with Gasteiger partial charge in [0, 0.05) is 21.0 Å². The standard InChI is InChI=1S/C20H20FN3S/c1-10(2)16-8-11(3)22-20-18(13(5)23-24(16)20)19-12(4)15-9-14(21)6-7-17(15)25-19/h6-10H,1-5H3. The third kappa shape index (κ3) is 2.45. The number of thiophene rings is 1. The lowest BCUT2D eigenvalue weighted by molar-refractivity contribution is 0.630. The quantitative estimate of drug-likeness (QED) is 0.456. The van der Waals surface area contributed by atoms with Crippen LogP contribution in [0.15, 0.2) is 24.3 Å². The van der Waals surface area contributed by atoms with E-state index in [-0.39, 0.29) is 5.82 Å². The van der Waals surface area contributed by atoms with E-state index in [9.17, 15) is 4.39 Å². The van der Waals surface area contributed by atoms with Crippen molar-refractivity contribution in [1.29, 1.82) is 0 Å². The molecule has 0 spiro atoms. The number of hydrogen-bond donors (Lipinski definition) is 0. The first kappa shape index (κ1) is 16.2.